The van der Waals surface area contributed by atoms with Crippen LogP contribution in [-0.4, -0.2) is 76.0 Å². The third-order valence-electron chi connectivity index (χ3n) is 7.35. The van der Waals surface area contributed by atoms with Crippen molar-refractivity contribution in [3.8, 4) is 11.5 Å². The smallest absolute Gasteiger partial charge is 0.409 e. The van der Waals surface area contributed by atoms with Gasteiger partial charge in [-0.25, -0.2) is 4.79 Å². The Bertz CT molecular complexity index is 794. The molecule has 0 saturated carbocycles. The zero-order valence-corrected chi connectivity index (χ0v) is 20.1. The van der Waals surface area contributed by atoms with Crippen LogP contribution in [0.3, 0.4) is 0 Å². The molecule has 1 aromatic rings. The molecule has 3 aliphatic rings. The van der Waals surface area contributed by atoms with Crippen molar-refractivity contribution < 1.29 is 19.0 Å². The minimum atomic E-state index is -0.160. The summed E-state index contributed by atoms with van der Waals surface area (Å²) in [4.78, 5) is 17.1. The number of piperazine rings is 1. The van der Waals surface area contributed by atoms with Gasteiger partial charge in [-0.3, -0.25) is 4.90 Å². The summed E-state index contributed by atoms with van der Waals surface area (Å²) in [6.45, 7) is 10.3. The van der Waals surface area contributed by atoms with Crippen LogP contribution in [0.15, 0.2) is 12.1 Å². The Morgan fingerprint density at radius 2 is 1.81 bits per heavy atom. The van der Waals surface area contributed by atoms with Crippen molar-refractivity contribution in [2.45, 2.75) is 39.2 Å². The summed E-state index contributed by atoms with van der Waals surface area (Å²) in [5.41, 5.74) is 2.69. The molecule has 1 aromatic carbocycles. The molecule has 2 fully saturated rings. The second-order valence-corrected chi connectivity index (χ2v) is 9.87. The Hall–Kier alpha value is -1.99. The van der Waals surface area contributed by atoms with Crippen molar-refractivity contribution in [3.63, 3.8) is 0 Å². The summed E-state index contributed by atoms with van der Waals surface area (Å²) in [7, 11) is 3.39. The van der Waals surface area contributed by atoms with Crippen molar-refractivity contribution >= 4 is 6.09 Å². The van der Waals surface area contributed by atoms with Crippen LogP contribution in [0.25, 0.3) is 0 Å². The predicted molar refractivity (Wildman–Crippen MR) is 124 cm³/mol. The number of amides is 1. The van der Waals surface area contributed by atoms with Crippen LogP contribution >= 0.6 is 0 Å². The molecule has 4 rings (SSSR count). The van der Waals surface area contributed by atoms with Crippen LogP contribution in [0.4, 0.5) is 4.79 Å². The number of benzene rings is 1. The van der Waals surface area contributed by atoms with Gasteiger partial charge >= 0.3 is 6.09 Å². The first-order valence-corrected chi connectivity index (χ1v) is 12.1. The fraction of sp³-hybridized carbons (Fsp3) is 0.720. The van der Waals surface area contributed by atoms with Crippen LogP contribution in [0, 0.1) is 17.8 Å². The number of rotatable bonds is 6. The SMILES string of the molecule is COc1cc2c(cc1OC)[C@H]1C[C@@H](COC(=O)N3CCNCC3)[C@H](CC(C)C)CN1CC2. The van der Waals surface area contributed by atoms with Gasteiger partial charge in [-0.2, -0.15) is 0 Å². The van der Waals surface area contributed by atoms with Crippen molar-refractivity contribution in [1.29, 1.82) is 0 Å². The van der Waals surface area contributed by atoms with E-state index in [-0.39, 0.29) is 6.09 Å². The number of carbonyl (C=O) groups is 1. The second-order valence-electron chi connectivity index (χ2n) is 9.87. The fourth-order valence-electron chi connectivity index (χ4n) is 5.70. The van der Waals surface area contributed by atoms with Crippen LogP contribution in [-0.2, 0) is 11.2 Å². The van der Waals surface area contributed by atoms with Crippen molar-refractivity contribution in [1.82, 2.24) is 15.1 Å². The molecule has 7 heteroatoms. The summed E-state index contributed by atoms with van der Waals surface area (Å²) < 4.78 is 17.0. The van der Waals surface area contributed by atoms with E-state index in [0.717, 1.165) is 70.0 Å². The van der Waals surface area contributed by atoms with E-state index >= 15 is 0 Å². The molecule has 0 spiro atoms. The molecule has 1 amide bonds. The molecule has 0 aromatic heterocycles. The molecule has 0 aliphatic carbocycles. The molecule has 178 valence electrons. The number of ether oxygens (including phenoxy) is 3. The minimum absolute atomic E-state index is 0.160. The van der Waals surface area contributed by atoms with Gasteiger partial charge in [-0.05, 0) is 60.3 Å². The standard InChI is InChI=1S/C25H39N3O4/c1-17(2)11-19-15-28-8-5-18-13-23(30-3)24(31-4)14-21(18)22(28)12-20(19)16-32-25(29)27-9-6-26-7-10-27/h13-14,17,19-20,22,26H,5-12,15-16H2,1-4H3/t19-,20+,22-/m1/s1. The number of methoxy groups -OCH3 is 2. The Kier molecular flexibility index (Phi) is 7.46. The van der Waals surface area contributed by atoms with E-state index < -0.39 is 0 Å². The number of nitrogens with one attached hydrogen (secondary N) is 1. The molecule has 3 atom stereocenters. The van der Waals surface area contributed by atoms with Crippen LogP contribution in [0.1, 0.15) is 43.9 Å². The second kappa shape index (κ2) is 10.3. The first kappa shape index (κ1) is 23.2. The zero-order chi connectivity index (χ0) is 22.7. The Balaban J connectivity index is 1.51. The van der Waals surface area contributed by atoms with E-state index in [1.807, 2.05) is 4.90 Å². The van der Waals surface area contributed by atoms with Crippen molar-refractivity contribution in [2.24, 2.45) is 17.8 Å². The number of nitrogens with zero attached hydrogens (tertiary/aromatic N) is 2. The molecular formula is C25H39N3O4. The molecule has 7 nitrogen and oxygen atoms in total. The molecule has 32 heavy (non-hydrogen) atoms. The first-order valence-electron chi connectivity index (χ1n) is 12.1. The average Bonchev–Trinajstić information content (AvgIpc) is 2.81. The number of hydrogen-bond acceptors (Lipinski definition) is 6. The van der Waals surface area contributed by atoms with Gasteiger partial charge in [-0.1, -0.05) is 13.8 Å². The van der Waals surface area contributed by atoms with Gasteiger partial charge in [0.2, 0.25) is 0 Å². The highest BCUT2D eigenvalue weighted by atomic mass is 16.6. The van der Waals surface area contributed by atoms with Gasteiger partial charge in [0.1, 0.15) is 0 Å². The Labute approximate surface area is 192 Å². The number of fused-ring (bicyclic) bond motifs is 3. The largest absolute Gasteiger partial charge is 0.493 e. The maximum Gasteiger partial charge on any atom is 0.409 e. The van der Waals surface area contributed by atoms with Gasteiger partial charge in [0.15, 0.2) is 11.5 Å². The highest BCUT2D eigenvalue weighted by molar-refractivity contribution is 5.67. The number of hydrogen-bond donors (Lipinski definition) is 1. The minimum Gasteiger partial charge on any atom is -0.493 e. The third kappa shape index (κ3) is 4.99. The quantitative estimate of drug-likeness (QED) is 0.725. The van der Waals surface area contributed by atoms with Crippen molar-refractivity contribution in [2.75, 3.05) is 60.1 Å². The van der Waals surface area contributed by atoms with Gasteiger partial charge in [-0.15, -0.1) is 0 Å². The first-order chi connectivity index (χ1) is 15.5. The van der Waals surface area contributed by atoms with E-state index in [4.69, 9.17) is 14.2 Å². The van der Waals surface area contributed by atoms with Gasteiger partial charge in [0, 0.05) is 45.3 Å². The zero-order valence-electron chi connectivity index (χ0n) is 20.1. The van der Waals surface area contributed by atoms with Crippen molar-refractivity contribution in [3.05, 3.63) is 23.3 Å². The lowest BCUT2D eigenvalue weighted by Crippen LogP contribution is -2.49. The summed E-state index contributed by atoms with van der Waals surface area (Å²) in [6, 6.07) is 4.65. The molecule has 0 radical (unpaired) electrons. The monoisotopic (exact) mass is 445 g/mol. The maximum atomic E-state index is 12.6. The predicted octanol–water partition coefficient (Wildman–Crippen LogP) is 3.33. The Morgan fingerprint density at radius 3 is 2.50 bits per heavy atom. The normalized spacial score (nSPS) is 25.8. The van der Waals surface area contributed by atoms with E-state index in [1.165, 1.54) is 11.1 Å². The topological polar surface area (TPSA) is 63.3 Å². The van der Waals surface area contributed by atoms with E-state index in [0.29, 0.717) is 30.4 Å². The molecule has 3 heterocycles. The van der Waals surface area contributed by atoms with E-state index in [2.05, 4.69) is 36.2 Å². The van der Waals surface area contributed by atoms with Gasteiger partial charge in [0.05, 0.1) is 20.8 Å². The summed E-state index contributed by atoms with van der Waals surface area (Å²) in [6.07, 6.45) is 3.04. The van der Waals surface area contributed by atoms with Crippen LogP contribution in [0.2, 0.25) is 0 Å². The van der Waals surface area contributed by atoms with E-state index in [1.54, 1.807) is 14.2 Å². The molecule has 3 aliphatic heterocycles. The molecule has 2 saturated heterocycles. The summed E-state index contributed by atoms with van der Waals surface area (Å²) >= 11 is 0. The fourth-order valence-corrected chi connectivity index (χ4v) is 5.70. The molecule has 0 unspecified atom stereocenters. The third-order valence-corrected chi connectivity index (χ3v) is 7.35. The lowest BCUT2D eigenvalue weighted by Gasteiger charge is -2.47. The number of carbonyl (C=O) groups excluding carboxylic acids is 1. The summed E-state index contributed by atoms with van der Waals surface area (Å²) in [5, 5.41) is 3.29. The van der Waals surface area contributed by atoms with Crippen LogP contribution < -0.4 is 14.8 Å². The van der Waals surface area contributed by atoms with Crippen LogP contribution in [0.5, 0.6) is 11.5 Å². The Morgan fingerprint density at radius 1 is 1.09 bits per heavy atom. The summed E-state index contributed by atoms with van der Waals surface area (Å²) in [5.74, 6) is 3.13. The lowest BCUT2D eigenvalue weighted by molar-refractivity contribution is 0.00495. The van der Waals surface area contributed by atoms with Gasteiger partial charge in [0.25, 0.3) is 0 Å². The number of piperidine rings is 1. The molecular weight excluding hydrogens is 406 g/mol. The van der Waals surface area contributed by atoms with E-state index in [9.17, 15) is 4.79 Å². The molecule has 0 bridgehead atoms. The highest BCUT2D eigenvalue weighted by Crippen LogP contribution is 2.45. The molecule has 1 N–H and O–H groups in total. The highest BCUT2D eigenvalue weighted by Gasteiger charge is 2.40. The average molecular weight is 446 g/mol. The maximum absolute atomic E-state index is 12.6. The van der Waals surface area contributed by atoms with Gasteiger partial charge < -0.3 is 24.4 Å². The lowest BCUT2D eigenvalue weighted by atomic mass is 9.74.